The molecule has 0 saturated heterocycles. The maximum atomic E-state index is 16.9. The number of amides is 3. The molecule has 9 saturated carbocycles. The van der Waals surface area contributed by atoms with E-state index in [1.807, 2.05) is 36.9 Å². The first-order valence-corrected chi connectivity index (χ1v) is 33.4. The zero-order valence-electron chi connectivity index (χ0n) is 43.2. The average molecular weight is 1270 g/mol. The second-order valence-electron chi connectivity index (χ2n) is 24.9. The van der Waals surface area contributed by atoms with Gasteiger partial charge in [0.15, 0.2) is 17.2 Å². The molecule has 3 aliphatic heterocycles. The molecular weight excluding hydrogens is 1230 g/mol. The van der Waals surface area contributed by atoms with E-state index in [1.165, 1.54) is 34.0 Å². The molecule has 3 atom stereocenters. The van der Waals surface area contributed by atoms with E-state index in [0.717, 1.165) is 49.5 Å². The van der Waals surface area contributed by atoms with Crippen LogP contribution >= 0.6 is 111 Å². The number of phosphoric ester groups is 1. The SMILES string of the molecule is Cc1csc2c(OP(=O)(Oc3cc4c(c5c(C)csc35)[C@H](CCl)CN4C(=O)C34CC(C(=O)Cl)(C3)C4)Oc3cc4c(c5c(C)csc35)[C@H](CCl)CN4C(=O)C34CC(C(=O)Cl)(C3)C4)cc3c(c12)[C@H](CCl)CN3C(=O)C12CC(C(=O)Cl)(C1)C2. The van der Waals surface area contributed by atoms with Crippen LogP contribution in [0, 0.1) is 53.3 Å². The lowest BCUT2D eigenvalue weighted by Gasteiger charge is -2.67. The summed E-state index contributed by atoms with van der Waals surface area (Å²) in [7, 11) is -5.09. The average Bonchev–Trinajstić information content (AvgIpc) is 4.24. The Kier molecular flexibility index (Phi) is 11.4. The zero-order chi connectivity index (χ0) is 55.9. The van der Waals surface area contributed by atoms with Crippen molar-refractivity contribution in [3.05, 3.63) is 67.7 Å². The highest BCUT2D eigenvalue weighted by Gasteiger charge is 2.77. The maximum Gasteiger partial charge on any atom is 0.647 e. The minimum atomic E-state index is -5.09. The summed E-state index contributed by atoms with van der Waals surface area (Å²) in [5.41, 5.74) is 2.53. The normalized spacial score (nSPS) is 32.2. The van der Waals surface area contributed by atoms with Crippen LogP contribution in [0.3, 0.4) is 0 Å². The van der Waals surface area contributed by atoms with Crippen LogP contribution in [0.25, 0.3) is 30.3 Å². The number of anilines is 3. The number of carbonyl (C=O) groups is 6. The molecule has 416 valence electrons. The molecular formula is C57H48Cl6N3O10PS3. The van der Waals surface area contributed by atoms with Gasteiger partial charge in [-0.3, -0.25) is 28.8 Å². The van der Waals surface area contributed by atoms with Crippen molar-refractivity contribution >= 4 is 192 Å². The van der Waals surface area contributed by atoms with Gasteiger partial charge in [-0.05, 0) is 163 Å². The molecule has 6 aromatic rings. The smallest absolute Gasteiger partial charge is 0.384 e. The molecule has 12 aliphatic rings. The Morgan fingerprint density at radius 2 is 0.725 bits per heavy atom. The van der Waals surface area contributed by atoms with Crippen LogP contribution < -0.4 is 28.3 Å². The third-order valence-electron chi connectivity index (χ3n) is 20.0. The van der Waals surface area contributed by atoms with Gasteiger partial charge in [-0.25, -0.2) is 0 Å². The first-order valence-electron chi connectivity index (χ1n) is 26.6. The van der Waals surface area contributed by atoms with Gasteiger partial charge in [0.1, 0.15) is 0 Å². The molecule has 3 aromatic carbocycles. The number of alkyl halides is 3. The van der Waals surface area contributed by atoms with Gasteiger partial charge in [0.25, 0.3) is 0 Å². The van der Waals surface area contributed by atoms with Crippen molar-refractivity contribution in [3.63, 3.8) is 0 Å². The Morgan fingerprint density at radius 3 is 0.950 bits per heavy atom. The molecule has 0 N–H and O–H groups in total. The number of carbonyl (C=O) groups excluding carboxylic acids is 6. The van der Waals surface area contributed by atoms with E-state index in [4.69, 9.17) is 83.2 Å². The van der Waals surface area contributed by atoms with Gasteiger partial charge in [0, 0.05) is 106 Å². The number of rotatable bonds is 15. The highest BCUT2D eigenvalue weighted by Crippen LogP contribution is 2.77. The summed E-state index contributed by atoms with van der Waals surface area (Å²) in [6.45, 7) is 6.73. The van der Waals surface area contributed by atoms with Crippen molar-refractivity contribution in [1.29, 1.82) is 0 Å². The van der Waals surface area contributed by atoms with Crippen molar-refractivity contribution in [2.45, 2.75) is 96.3 Å². The molecule has 6 heterocycles. The van der Waals surface area contributed by atoms with E-state index in [-0.39, 0.29) is 90.0 Å². The fourth-order valence-electron chi connectivity index (χ4n) is 16.3. The third-order valence-corrected chi connectivity index (χ3v) is 26.9. The predicted molar refractivity (Wildman–Crippen MR) is 315 cm³/mol. The lowest BCUT2D eigenvalue weighted by molar-refractivity contribution is -0.200. The number of hydrogen-bond acceptors (Lipinski definition) is 13. The Hall–Kier alpha value is -3.67. The van der Waals surface area contributed by atoms with Crippen molar-refractivity contribution in [2.75, 3.05) is 52.0 Å². The molecule has 13 nitrogen and oxygen atoms in total. The van der Waals surface area contributed by atoms with E-state index < -0.39 is 56.0 Å². The van der Waals surface area contributed by atoms with Crippen LogP contribution in [0.5, 0.6) is 17.2 Å². The number of thiophene rings is 3. The van der Waals surface area contributed by atoms with E-state index in [0.29, 0.717) is 88.9 Å². The zero-order valence-corrected chi connectivity index (χ0v) is 51.0. The van der Waals surface area contributed by atoms with E-state index in [9.17, 15) is 28.8 Å². The number of benzene rings is 3. The fourth-order valence-corrected chi connectivity index (χ4v) is 22.2. The van der Waals surface area contributed by atoms with Gasteiger partial charge in [0.05, 0.1) is 47.4 Å². The molecule has 0 spiro atoms. The highest BCUT2D eigenvalue weighted by atomic mass is 35.5. The number of aryl methyl sites for hydroxylation is 3. The molecule has 3 amide bonds. The summed E-state index contributed by atoms with van der Waals surface area (Å²) >= 11 is 42.5. The van der Waals surface area contributed by atoms with Crippen molar-refractivity contribution in [3.8, 4) is 17.2 Å². The standard InChI is InChI=1S/C57H48Cl6N3O10PS3/c1-25-13-78-43-34(4-31-40(37(25)43)28(7-58)10-64(31)49(70)55-16-52(17-55,18-55)46(61)67)74-77(73,75-35-5-32-41(38-26(2)14-79-44(35)38)29(8-59)11-65(32)50(71)56-19-53(20-56,21-56)47(62)68)76-36-6-33-42(39-27(3)15-80-45(36)39)30(9-60)12-66(33)51(72)57-22-54(23-57,24-57)48(63)69/h4-6,13-15,28-30H,7-12,16-24H2,1-3H3/t28-,29-,30-,52?,53?,54?,55?,56?,57?,77?/m1/s1. The summed E-state index contributed by atoms with van der Waals surface area (Å²) in [5.74, 6) is -0.228. The van der Waals surface area contributed by atoms with E-state index in [1.54, 1.807) is 32.9 Å². The van der Waals surface area contributed by atoms with Crippen LogP contribution in [0.4, 0.5) is 17.1 Å². The van der Waals surface area contributed by atoms with Gasteiger partial charge in [-0.1, -0.05) is 0 Å². The van der Waals surface area contributed by atoms with Gasteiger partial charge >= 0.3 is 7.82 Å². The number of phosphoric acid groups is 1. The second kappa shape index (κ2) is 17.2. The van der Waals surface area contributed by atoms with Crippen LogP contribution in [-0.2, 0) is 33.3 Å². The molecule has 6 bridgehead atoms. The Bertz CT molecular complexity index is 3550. The van der Waals surface area contributed by atoms with E-state index in [2.05, 4.69) is 0 Å². The van der Waals surface area contributed by atoms with Crippen LogP contribution in [0.15, 0.2) is 34.3 Å². The number of hydrogen-bond donors (Lipinski definition) is 0. The van der Waals surface area contributed by atoms with Crippen LogP contribution in [0.2, 0.25) is 0 Å². The molecule has 9 aliphatic carbocycles. The number of nitrogens with zero attached hydrogens (tertiary/aromatic N) is 3. The molecule has 3 aromatic heterocycles. The van der Waals surface area contributed by atoms with Crippen molar-refractivity contribution in [2.24, 2.45) is 32.5 Å². The molecule has 18 rings (SSSR count). The molecule has 23 heteroatoms. The summed E-state index contributed by atoms with van der Waals surface area (Å²) in [6, 6.07) is 5.15. The van der Waals surface area contributed by atoms with Gasteiger partial charge in [-0.15, -0.1) is 68.8 Å². The van der Waals surface area contributed by atoms with Gasteiger partial charge in [0.2, 0.25) is 33.4 Å². The Labute approximate surface area is 500 Å². The largest absolute Gasteiger partial charge is 0.647 e. The minimum absolute atomic E-state index is 0.119. The number of fused-ring (bicyclic) bond motifs is 9. The quantitative estimate of drug-likeness (QED) is 0.0551. The monoisotopic (exact) mass is 1270 g/mol. The second-order valence-corrected chi connectivity index (χ2v) is 30.9. The summed E-state index contributed by atoms with van der Waals surface area (Å²) in [4.78, 5) is 87.0. The highest BCUT2D eigenvalue weighted by molar-refractivity contribution is 7.50. The fraction of sp³-hybridized carbons (Fsp3) is 0.474. The van der Waals surface area contributed by atoms with Gasteiger partial charge < -0.3 is 28.3 Å². The first kappa shape index (κ1) is 53.1. The van der Waals surface area contributed by atoms with E-state index >= 15 is 4.57 Å². The predicted octanol–water partition coefficient (Wildman–Crippen LogP) is 14.7. The Morgan fingerprint density at radius 1 is 0.475 bits per heavy atom. The van der Waals surface area contributed by atoms with Crippen molar-refractivity contribution in [1.82, 2.24) is 0 Å². The molecule has 0 unspecified atom stereocenters. The summed E-state index contributed by atoms with van der Waals surface area (Å²) < 4.78 is 39.6. The number of halogens is 6. The molecule has 80 heavy (non-hydrogen) atoms. The first-order chi connectivity index (χ1) is 38.0. The summed E-state index contributed by atoms with van der Waals surface area (Å²) in [5, 5.41) is 7.01. The Balaban J connectivity index is 0.883. The minimum Gasteiger partial charge on any atom is -0.384 e. The maximum absolute atomic E-state index is 16.9. The molecule has 9 fully saturated rings. The molecule has 0 radical (unpaired) electrons. The van der Waals surface area contributed by atoms with Crippen molar-refractivity contribution < 1.29 is 46.9 Å². The van der Waals surface area contributed by atoms with Crippen LogP contribution in [-0.4, -0.2) is 70.7 Å². The topological polar surface area (TPSA) is 157 Å². The summed E-state index contributed by atoms with van der Waals surface area (Å²) in [6.07, 6.45) is 3.25. The lowest BCUT2D eigenvalue weighted by atomic mass is 9.35. The van der Waals surface area contributed by atoms with Gasteiger partial charge in [-0.2, -0.15) is 4.57 Å². The van der Waals surface area contributed by atoms with Crippen LogP contribution in [0.1, 0.15) is 109 Å². The third kappa shape index (κ3) is 6.81. The lowest BCUT2D eigenvalue weighted by Crippen LogP contribution is -2.70.